The molecule has 0 spiro atoms. The van der Waals surface area contributed by atoms with E-state index in [9.17, 15) is 64.2 Å². The number of nitrogens with one attached hydrogen (secondary N) is 5. The van der Waals surface area contributed by atoms with Crippen LogP contribution in [0.3, 0.4) is 0 Å². The third-order valence-corrected chi connectivity index (χ3v) is 18.2. The molecule has 25 heteroatoms. The number of ketones is 1. The largest absolute Gasteiger partial charge is 0.459 e. The summed E-state index contributed by atoms with van der Waals surface area (Å²) in [5, 5.41) is 84.9. The van der Waals surface area contributed by atoms with Gasteiger partial charge in [0.2, 0.25) is 23.6 Å². The Morgan fingerprint density at radius 2 is 1.39 bits per heavy atom. The number of likely N-dealkylation sites (N-methyl/N-ethyl adjacent to an activating group) is 1. The van der Waals surface area contributed by atoms with Crippen molar-refractivity contribution in [3.8, 4) is 0 Å². The average molecular weight is 1300 g/mol. The fourth-order valence-corrected chi connectivity index (χ4v) is 13.1. The molecule has 2 aromatic carbocycles. The summed E-state index contributed by atoms with van der Waals surface area (Å²) in [4.78, 5) is 98.4. The van der Waals surface area contributed by atoms with E-state index in [2.05, 4.69) is 26.6 Å². The highest BCUT2D eigenvalue weighted by atomic mass is 16.7. The number of esters is 1. The van der Waals surface area contributed by atoms with Crippen molar-refractivity contribution in [3.63, 3.8) is 0 Å². The zero-order chi connectivity index (χ0) is 68.7. The summed E-state index contributed by atoms with van der Waals surface area (Å²) in [6, 6.07) is 11.5. The monoisotopic (exact) mass is 1300 g/mol. The first-order valence-electron chi connectivity index (χ1n) is 32.5. The van der Waals surface area contributed by atoms with Crippen molar-refractivity contribution in [1.29, 1.82) is 0 Å². The molecule has 3 heterocycles. The molecule has 3 saturated heterocycles. The third-order valence-electron chi connectivity index (χ3n) is 18.2. The van der Waals surface area contributed by atoms with Gasteiger partial charge in [-0.15, -0.1) is 0 Å². The maximum atomic E-state index is 14.6. The molecule has 0 aromatic heterocycles. The topological polar surface area (TPSA) is 354 Å². The molecule has 20 atom stereocenters. The number of carbonyl (C=O) groups is 7. The highest BCUT2D eigenvalue weighted by Crippen LogP contribution is 2.40. The standard InChI is InChI=1S/C67H107N7O18/c1-16-51-67(13,87)57(79)42(8)74(36-38(4)32-66(12,86)59(92-64-55(78)50(73(14)15)30-39(5)88-64)40(6)56(41(7)63(84)90-51)91-54-33-65(11,85)58(80)44(10)89-54)28-22-27-68-52(76)34-70-61(82)48(29-37(2)3)72-62(83)49(31-45-23-18-17-19-24-45)71-53(77)35-69-60(81)47-26-21-20-25-46(47)43(9)75/h17-21,23-26,37-42,44,48-51,54-59,64,78-80,85-87H,16,22,27-36H2,1-15H3,(H,68,76)(H,69,81)(H,70,82)(H,71,77)(H,72,83). The number of cyclic esters (lactones) is 1. The predicted octanol–water partition coefficient (Wildman–Crippen LogP) is 2.13. The Hall–Kier alpha value is -5.55. The molecule has 3 aliphatic rings. The Morgan fingerprint density at radius 1 is 0.761 bits per heavy atom. The lowest BCUT2D eigenvalue weighted by atomic mass is 9.77. The first-order valence-corrected chi connectivity index (χ1v) is 32.5. The van der Waals surface area contributed by atoms with Gasteiger partial charge in [-0.1, -0.05) is 83.1 Å². The second-order valence-corrected chi connectivity index (χ2v) is 27.3. The number of nitrogens with zero attached hydrogens (tertiary/aromatic N) is 2. The lowest BCUT2D eigenvalue weighted by Gasteiger charge is -2.48. The molecule has 20 unspecified atom stereocenters. The van der Waals surface area contributed by atoms with Crippen molar-refractivity contribution < 1.29 is 87.9 Å². The summed E-state index contributed by atoms with van der Waals surface area (Å²) in [5.41, 5.74) is -4.52. The van der Waals surface area contributed by atoms with Crippen molar-refractivity contribution in [2.24, 2.45) is 23.7 Å². The molecular weight excluding hydrogens is 1190 g/mol. The van der Waals surface area contributed by atoms with Crippen LogP contribution in [0.25, 0.3) is 0 Å². The van der Waals surface area contributed by atoms with Gasteiger partial charge in [-0.3, -0.25) is 38.5 Å². The van der Waals surface area contributed by atoms with E-state index in [1.165, 1.54) is 32.9 Å². The molecule has 0 bridgehead atoms. The first kappa shape index (κ1) is 77.2. The smallest absolute Gasteiger partial charge is 0.311 e. The molecule has 25 nitrogen and oxygen atoms in total. The van der Waals surface area contributed by atoms with E-state index in [1.807, 2.05) is 51.6 Å². The molecule has 92 heavy (non-hydrogen) atoms. The first-order chi connectivity index (χ1) is 43.0. The van der Waals surface area contributed by atoms with Crippen molar-refractivity contribution in [3.05, 3.63) is 71.3 Å². The number of amides is 5. The Balaban J connectivity index is 1.32. The van der Waals surface area contributed by atoms with Crippen LogP contribution < -0.4 is 26.6 Å². The molecule has 5 amide bonds. The van der Waals surface area contributed by atoms with Crippen LogP contribution in [0.4, 0.5) is 0 Å². The van der Waals surface area contributed by atoms with Crippen molar-refractivity contribution in [1.82, 2.24) is 36.4 Å². The zero-order valence-electron chi connectivity index (χ0n) is 56.6. The van der Waals surface area contributed by atoms with Crippen LogP contribution in [0.2, 0.25) is 0 Å². The molecule has 3 aliphatic heterocycles. The summed E-state index contributed by atoms with van der Waals surface area (Å²) >= 11 is 0. The normalized spacial score (nSPS) is 33.5. The van der Waals surface area contributed by atoms with Gasteiger partial charge < -0.3 is 85.8 Å². The molecule has 2 aromatic rings. The van der Waals surface area contributed by atoms with E-state index in [0.717, 1.165) is 0 Å². The number of ether oxygens (including phenoxy) is 5. The molecule has 518 valence electrons. The van der Waals surface area contributed by atoms with Gasteiger partial charge in [0.15, 0.2) is 18.4 Å². The number of aliphatic hydroxyl groups is 6. The minimum atomic E-state index is -2.05. The Kier molecular flexibility index (Phi) is 28.7. The van der Waals surface area contributed by atoms with Crippen LogP contribution >= 0.6 is 0 Å². The SMILES string of the molecule is CCC1OC(=O)C(C)C(OC2CC(C)(O)C(O)C(C)O2)C(C)C(OC2OC(C)CC(N(C)C)C2O)C(C)(O)CC(C)CN(CCCNC(=O)CNC(=O)C(CC(C)C)NC(=O)C(Cc2ccccc2)NC(=O)CNC(=O)c2ccccc2C(C)=O)C(C)C(O)C1(C)O. The van der Waals surface area contributed by atoms with Crippen LogP contribution in [0, 0.1) is 23.7 Å². The summed E-state index contributed by atoms with van der Waals surface area (Å²) in [5.74, 6) is -7.04. The van der Waals surface area contributed by atoms with Gasteiger partial charge in [0.25, 0.3) is 5.91 Å². The predicted molar refractivity (Wildman–Crippen MR) is 341 cm³/mol. The molecule has 0 aliphatic carbocycles. The van der Waals surface area contributed by atoms with E-state index < -0.39 is 163 Å². The summed E-state index contributed by atoms with van der Waals surface area (Å²) in [6.07, 6.45) is -10.5. The quantitative estimate of drug-likeness (QED) is 0.0407. The molecule has 5 rings (SSSR count). The molecule has 3 fully saturated rings. The lowest BCUT2D eigenvalue weighted by Crippen LogP contribution is -2.60. The number of rotatable bonds is 24. The number of hydrogen-bond donors (Lipinski definition) is 11. The molecular formula is C67H107N7O18. The summed E-state index contributed by atoms with van der Waals surface area (Å²) < 4.78 is 32.0. The van der Waals surface area contributed by atoms with Gasteiger partial charge in [-0.05, 0) is 125 Å². The maximum absolute atomic E-state index is 14.6. The van der Waals surface area contributed by atoms with Crippen molar-refractivity contribution >= 4 is 41.3 Å². The second kappa shape index (κ2) is 34.2. The van der Waals surface area contributed by atoms with E-state index in [0.29, 0.717) is 12.0 Å². The Morgan fingerprint density at radius 3 is 2.00 bits per heavy atom. The van der Waals surface area contributed by atoms with E-state index in [4.69, 9.17) is 23.7 Å². The van der Waals surface area contributed by atoms with Gasteiger partial charge in [0.1, 0.15) is 42.1 Å². The van der Waals surface area contributed by atoms with Crippen LogP contribution in [0.5, 0.6) is 0 Å². The Bertz CT molecular complexity index is 2750. The highest BCUT2D eigenvalue weighted by Gasteiger charge is 2.53. The number of hydrogen-bond acceptors (Lipinski definition) is 20. The fraction of sp³-hybridized carbons (Fsp3) is 0.716. The van der Waals surface area contributed by atoms with Crippen molar-refractivity contribution in [2.45, 2.75) is 237 Å². The van der Waals surface area contributed by atoms with Crippen LogP contribution in [-0.4, -0.2) is 231 Å². The molecule has 11 N–H and O–H groups in total. The molecule has 0 saturated carbocycles. The van der Waals surface area contributed by atoms with Gasteiger partial charge >= 0.3 is 5.97 Å². The van der Waals surface area contributed by atoms with Gasteiger partial charge in [-0.25, -0.2) is 0 Å². The summed E-state index contributed by atoms with van der Waals surface area (Å²) in [7, 11) is 3.67. The highest BCUT2D eigenvalue weighted by molar-refractivity contribution is 6.08. The van der Waals surface area contributed by atoms with Crippen molar-refractivity contribution in [2.75, 3.05) is 46.8 Å². The maximum Gasteiger partial charge on any atom is 0.311 e. The number of Topliss-reactive ketones (excluding diaryl/α,β-unsaturated/α-hetero) is 1. The van der Waals surface area contributed by atoms with E-state index >= 15 is 0 Å². The number of benzene rings is 2. The van der Waals surface area contributed by atoms with Gasteiger partial charge in [-0.2, -0.15) is 0 Å². The molecule has 0 radical (unpaired) electrons. The fourth-order valence-electron chi connectivity index (χ4n) is 13.1. The van der Waals surface area contributed by atoms with E-state index in [1.54, 1.807) is 84.0 Å². The minimum absolute atomic E-state index is 0.0294. The summed E-state index contributed by atoms with van der Waals surface area (Å²) in [6.45, 7) is 21.1. The van der Waals surface area contributed by atoms with E-state index in [-0.39, 0.29) is 87.1 Å². The number of aliphatic hydroxyl groups excluding tert-OH is 3. The Labute approximate surface area is 542 Å². The van der Waals surface area contributed by atoms with Crippen LogP contribution in [0.1, 0.15) is 155 Å². The minimum Gasteiger partial charge on any atom is -0.459 e. The van der Waals surface area contributed by atoms with Gasteiger partial charge in [0.05, 0.1) is 60.2 Å². The average Bonchev–Trinajstić information content (AvgIpc) is 1.04. The number of carbonyl (C=O) groups excluding carboxylic acids is 7. The zero-order valence-corrected chi connectivity index (χ0v) is 56.6. The van der Waals surface area contributed by atoms with Crippen LogP contribution in [0.15, 0.2) is 54.6 Å². The second-order valence-electron chi connectivity index (χ2n) is 27.3. The van der Waals surface area contributed by atoms with Crippen LogP contribution in [-0.2, 0) is 54.1 Å². The lowest BCUT2D eigenvalue weighted by molar-refractivity contribution is -0.316. The third kappa shape index (κ3) is 21.2. The van der Waals surface area contributed by atoms with Gasteiger partial charge in [0, 0.05) is 56.0 Å².